The van der Waals surface area contributed by atoms with E-state index in [0.717, 1.165) is 42.5 Å². The topological polar surface area (TPSA) is 45.6 Å². The van der Waals surface area contributed by atoms with Crippen molar-refractivity contribution in [2.24, 2.45) is 11.7 Å². The fourth-order valence-electron chi connectivity index (χ4n) is 2.88. The van der Waals surface area contributed by atoms with Crippen LogP contribution in [0.25, 0.3) is 0 Å². The summed E-state index contributed by atoms with van der Waals surface area (Å²) in [5, 5.41) is 0. The molecule has 0 bridgehead atoms. The lowest BCUT2D eigenvalue weighted by molar-refractivity contribution is 0.0865. The van der Waals surface area contributed by atoms with Crippen LogP contribution in [0.2, 0.25) is 0 Å². The number of nitrogens with zero attached hydrogens (tertiary/aromatic N) is 2. The van der Waals surface area contributed by atoms with E-state index >= 15 is 0 Å². The van der Waals surface area contributed by atoms with Crippen molar-refractivity contribution in [2.75, 3.05) is 39.3 Å². The highest BCUT2D eigenvalue weighted by molar-refractivity contribution is 9.10. The molecule has 106 valence electrons. The van der Waals surface area contributed by atoms with Gasteiger partial charge in [-0.05, 0) is 46.8 Å². The zero-order valence-electron chi connectivity index (χ0n) is 11.2. The largest absolute Gasteiger partial charge is 0.453 e. The van der Waals surface area contributed by atoms with Crippen molar-refractivity contribution in [1.82, 2.24) is 9.80 Å². The van der Waals surface area contributed by atoms with Crippen LogP contribution in [0.1, 0.15) is 24.6 Å². The van der Waals surface area contributed by atoms with Gasteiger partial charge in [0.05, 0.1) is 6.04 Å². The summed E-state index contributed by atoms with van der Waals surface area (Å²) in [6.45, 7) is 6.42. The third-order valence-corrected chi connectivity index (χ3v) is 4.63. The summed E-state index contributed by atoms with van der Waals surface area (Å²) in [4.78, 5) is 5.05. The summed E-state index contributed by atoms with van der Waals surface area (Å²) in [5.74, 6) is 1.96. The first-order chi connectivity index (χ1) is 9.26. The molecule has 1 aromatic rings. The molecule has 3 rings (SSSR count). The summed E-state index contributed by atoms with van der Waals surface area (Å²) in [5.41, 5.74) is 5.94. The number of nitrogens with two attached hydrogens (primary N) is 1. The first-order valence-electron chi connectivity index (χ1n) is 7.18. The lowest BCUT2D eigenvalue weighted by Crippen LogP contribution is -2.49. The quantitative estimate of drug-likeness (QED) is 0.899. The molecule has 2 fully saturated rings. The minimum Gasteiger partial charge on any atom is -0.453 e. The molecule has 19 heavy (non-hydrogen) atoms. The van der Waals surface area contributed by atoms with Crippen LogP contribution in [-0.2, 0) is 0 Å². The zero-order chi connectivity index (χ0) is 13.2. The van der Waals surface area contributed by atoms with Gasteiger partial charge < -0.3 is 15.1 Å². The smallest absolute Gasteiger partial charge is 0.169 e. The molecular formula is C14H22BrN3O. The van der Waals surface area contributed by atoms with Crippen molar-refractivity contribution in [1.29, 1.82) is 0 Å². The van der Waals surface area contributed by atoms with E-state index in [1.54, 1.807) is 0 Å². The third kappa shape index (κ3) is 3.40. The molecule has 0 aromatic carbocycles. The number of piperazine rings is 1. The van der Waals surface area contributed by atoms with Gasteiger partial charge in [0, 0.05) is 39.3 Å². The normalized spacial score (nSPS) is 23.7. The molecule has 2 N–H and O–H groups in total. The summed E-state index contributed by atoms with van der Waals surface area (Å²) >= 11 is 3.36. The molecule has 0 amide bonds. The van der Waals surface area contributed by atoms with Gasteiger partial charge in [-0.3, -0.25) is 4.90 Å². The van der Waals surface area contributed by atoms with Gasteiger partial charge in [0.15, 0.2) is 4.67 Å². The SMILES string of the molecule is NCC(c1ccc(Br)o1)N1CCN(CC2CC2)CC1. The van der Waals surface area contributed by atoms with Crippen LogP contribution in [0, 0.1) is 5.92 Å². The molecule has 2 heterocycles. The average Bonchev–Trinajstić information content (AvgIpc) is 3.13. The van der Waals surface area contributed by atoms with Crippen LogP contribution < -0.4 is 5.73 Å². The van der Waals surface area contributed by atoms with Crippen molar-refractivity contribution >= 4 is 15.9 Å². The van der Waals surface area contributed by atoms with Crippen LogP contribution in [0.4, 0.5) is 0 Å². The van der Waals surface area contributed by atoms with Crippen LogP contribution in [0.3, 0.4) is 0 Å². The molecule has 2 aliphatic rings. The van der Waals surface area contributed by atoms with E-state index in [2.05, 4.69) is 25.7 Å². The van der Waals surface area contributed by atoms with Gasteiger partial charge in [0.25, 0.3) is 0 Å². The fourth-order valence-corrected chi connectivity index (χ4v) is 3.19. The maximum absolute atomic E-state index is 5.94. The first-order valence-corrected chi connectivity index (χ1v) is 7.97. The Morgan fingerprint density at radius 1 is 1.26 bits per heavy atom. The predicted octanol–water partition coefficient (Wildman–Crippen LogP) is 2.07. The number of hydrogen-bond donors (Lipinski definition) is 1. The number of halogens is 1. The molecule has 0 radical (unpaired) electrons. The maximum atomic E-state index is 5.94. The lowest BCUT2D eigenvalue weighted by atomic mass is 10.1. The first kappa shape index (κ1) is 13.6. The second kappa shape index (κ2) is 5.95. The molecule has 1 saturated heterocycles. The Kier molecular flexibility index (Phi) is 4.27. The van der Waals surface area contributed by atoms with E-state index in [1.165, 1.54) is 19.4 Å². The molecular weight excluding hydrogens is 306 g/mol. The Balaban J connectivity index is 1.56. The van der Waals surface area contributed by atoms with E-state index in [1.807, 2.05) is 12.1 Å². The van der Waals surface area contributed by atoms with Crippen LogP contribution in [0.15, 0.2) is 21.2 Å². The fraction of sp³-hybridized carbons (Fsp3) is 0.714. The van der Waals surface area contributed by atoms with Gasteiger partial charge in [0.2, 0.25) is 0 Å². The minimum absolute atomic E-state index is 0.217. The average molecular weight is 328 g/mol. The third-order valence-electron chi connectivity index (χ3n) is 4.21. The highest BCUT2D eigenvalue weighted by atomic mass is 79.9. The molecule has 1 unspecified atom stereocenters. The maximum Gasteiger partial charge on any atom is 0.169 e. The summed E-state index contributed by atoms with van der Waals surface area (Å²) in [7, 11) is 0. The molecule has 0 spiro atoms. The van der Waals surface area contributed by atoms with Crippen molar-refractivity contribution < 1.29 is 4.42 Å². The Hall–Kier alpha value is -0.360. The van der Waals surface area contributed by atoms with Gasteiger partial charge in [-0.2, -0.15) is 0 Å². The second-order valence-electron chi connectivity index (χ2n) is 5.67. The zero-order valence-corrected chi connectivity index (χ0v) is 12.8. The number of rotatable bonds is 5. The summed E-state index contributed by atoms with van der Waals surface area (Å²) in [6.07, 6.45) is 2.87. The Labute approximate surface area is 123 Å². The molecule has 4 nitrogen and oxygen atoms in total. The molecule has 5 heteroatoms. The monoisotopic (exact) mass is 327 g/mol. The highest BCUT2D eigenvalue weighted by Gasteiger charge is 2.29. The molecule has 1 aliphatic heterocycles. The minimum atomic E-state index is 0.217. The summed E-state index contributed by atoms with van der Waals surface area (Å²) < 4.78 is 6.46. The van der Waals surface area contributed by atoms with Gasteiger partial charge >= 0.3 is 0 Å². The van der Waals surface area contributed by atoms with Gasteiger partial charge in [0.1, 0.15) is 5.76 Å². The Morgan fingerprint density at radius 2 is 2.00 bits per heavy atom. The van der Waals surface area contributed by atoms with E-state index in [0.29, 0.717) is 6.54 Å². The van der Waals surface area contributed by atoms with Crippen molar-refractivity contribution in [3.63, 3.8) is 0 Å². The van der Waals surface area contributed by atoms with Crippen molar-refractivity contribution in [2.45, 2.75) is 18.9 Å². The van der Waals surface area contributed by atoms with Crippen LogP contribution >= 0.6 is 15.9 Å². The molecule has 1 aromatic heterocycles. The van der Waals surface area contributed by atoms with Gasteiger partial charge in [-0.1, -0.05) is 0 Å². The Bertz CT molecular complexity index is 411. The van der Waals surface area contributed by atoms with Gasteiger partial charge in [-0.15, -0.1) is 0 Å². The van der Waals surface area contributed by atoms with E-state index < -0.39 is 0 Å². The lowest BCUT2D eigenvalue weighted by Gasteiger charge is -2.38. The predicted molar refractivity (Wildman–Crippen MR) is 78.9 cm³/mol. The van der Waals surface area contributed by atoms with E-state index in [4.69, 9.17) is 10.2 Å². The number of hydrogen-bond acceptors (Lipinski definition) is 4. The number of furan rings is 1. The standard InChI is InChI=1S/C14H22BrN3O/c15-14-4-3-13(19-14)12(9-16)18-7-5-17(6-8-18)10-11-1-2-11/h3-4,11-12H,1-2,5-10,16H2. The van der Waals surface area contributed by atoms with Crippen LogP contribution in [-0.4, -0.2) is 49.1 Å². The van der Waals surface area contributed by atoms with E-state index in [9.17, 15) is 0 Å². The van der Waals surface area contributed by atoms with E-state index in [-0.39, 0.29) is 6.04 Å². The van der Waals surface area contributed by atoms with Crippen molar-refractivity contribution in [3.8, 4) is 0 Å². The van der Waals surface area contributed by atoms with Crippen molar-refractivity contribution in [3.05, 3.63) is 22.6 Å². The highest BCUT2D eigenvalue weighted by Crippen LogP contribution is 2.31. The second-order valence-corrected chi connectivity index (χ2v) is 6.45. The van der Waals surface area contributed by atoms with Crippen LogP contribution in [0.5, 0.6) is 0 Å². The molecule has 1 atom stereocenters. The van der Waals surface area contributed by atoms with Gasteiger partial charge in [-0.25, -0.2) is 0 Å². The molecule has 1 aliphatic carbocycles. The summed E-state index contributed by atoms with van der Waals surface area (Å²) in [6, 6.07) is 4.19. The molecule has 1 saturated carbocycles. The Morgan fingerprint density at radius 3 is 2.53 bits per heavy atom.